The number of rotatable bonds is 2. The van der Waals surface area contributed by atoms with Gasteiger partial charge in [0.25, 0.3) is 5.91 Å². The number of nitrogen functional groups attached to an aromatic ring is 1. The highest BCUT2D eigenvalue weighted by molar-refractivity contribution is 6.04. The van der Waals surface area contributed by atoms with Gasteiger partial charge in [0.1, 0.15) is 11.5 Å². The van der Waals surface area contributed by atoms with Crippen LogP contribution in [0, 0.1) is 5.82 Å². The van der Waals surface area contributed by atoms with Gasteiger partial charge in [-0.1, -0.05) is 0 Å². The lowest BCUT2D eigenvalue weighted by atomic mass is 10.2. The molecule has 2 rings (SSSR count). The van der Waals surface area contributed by atoms with Crippen LogP contribution in [0.2, 0.25) is 0 Å². The van der Waals surface area contributed by atoms with Gasteiger partial charge >= 0.3 is 0 Å². The van der Waals surface area contributed by atoms with Gasteiger partial charge in [0.2, 0.25) is 0 Å². The lowest BCUT2D eigenvalue weighted by Gasteiger charge is -2.16. The van der Waals surface area contributed by atoms with Gasteiger partial charge in [0.15, 0.2) is 0 Å². The highest BCUT2D eigenvalue weighted by atomic mass is 19.1. The molecule has 0 fully saturated rings. The number of nitrogens with zero attached hydrogens (tertiary/aromatic N) is 1. The van der Waals surface area contributed by atoms with Crippen LogP contribution in [0.25, 0.3) is 0 Å². The molecule has 0 radical (unpaired) electrons. The van der Waals surface area contributed by atoms with E-state index < -0.39 is 0 Å². The molecule has 4 nitrogen and oxygen atoms in total. The van der Waals surface area contributed by atoms with Crippen molar-refractivity contribution in [3.05, 3.63) is 48.0 Å². The summed E-state index contributed by atoms with van der Waals surface area (Å²) in [5.74, 6) is -0.563. The smallest absolute Gasteiger partial charge is 0.274 e. The molecule has 1 amide bonds. The Morgan fingerprint density at radius 2 is 2.00 bits per heavy atom. The number of halogens is 1. The predicted octanol–water partition coefficient (Wildman–Crippen LogP) is 2.01. The first-order chi connectivity index (χ1) is 8.08. The maximum Gasteiger partial charge on any atom is 0.274 e. The van der Waals surface area contributed by atoms with Gasteiger partial charge in [-0.2, -0.15) is 0 Å². The van der Waals surface area contributed by atoms with Gasteiger partial charge in [-0.3, -0.25) is 4.79 Å². The van der Waals surface area contributed by atoms with Crippen LogP contribution >= 0.6 is 0 Å². The molecule has 1 heterocycles. The van der Waals surface area contributed by atoms with Gasteiger partial charge in [-0.15, -0.1) is 0 Å². The van der Waals surface area contributed by atoms with Crippen molar-refractivity contribution in [3.63, 3.8) is 0 Å². The molecule has 0 spiro atoms. The third-order valence-corrected chi connectivity index (χ3v) is 2.45. The fourth-order valence-electron chi connectivity index (χ4n) is 1.50. The van der Waals surface area contributed by atoms with Crippen molar-refractivity contribution in [2.24, 2.45) is 0 Å². The molecule has 2 aromatic rings. The monoisotopic (exact) mass is 233 g/mol. The van der Waals surface area contributed by atoms with Gasteiger partial charge in [-0.05, 0) is 30.3 Å². The van der Waals surface area contributed by atoms with E-state index in [-0.39, 0.29) is 11.7 Å². The predicted molar refractivity (Wildman–Crippen MR) is 64.3 cm³/mol. The van der Waals surface area contributed by atoms with Gasteiger partial charge in [0, 0.05) is 24.6 Å². The molecule has 0 saturated heterocycles. The number of aromatic nitrogens is 1. The fraction of sp³-hybridized carbons (Fsp3) is 0.0833. The number of H-pyrrole nitrogens is 1. The third-order valence-electron chi connectivity index (χ3n) is 2.45. The largest absolute Gasteiger partial charge is 0.397 e. The number of hydrogen-bond donors (Lipinski definition) is 2. The lowest BCUT2D eigenvalue weighted by Crippen LogP contribution is -2.26. The van der Waals surface area contributed by atoms with Crippen molar-refractivity contribution >= 4 is 17.3 Å². The van der Waals surface area contributed by atoms with E-state index in [0.717, 1.165) is 0 Å². The van der Waals surface area contributed by atoms with Crippen LogP contribution in [0.5, 0.6) is 0 Å². The quantitative estimate of drug-likeness (QED) is 0.833. The van der Waals surface area contributed by atoms with Crippen molar-refractivity contribution in [2.75, 3.05) is 17.7 Å². The summed E-state index contributed by atoms with van der Waals surface area (Å²) in [6.07, 6.45) is 1.55. The van der Waals surface area contributed by atoms with E-state index in [2.05, 4.69) is 4.98 Å². The van der Waals surface area contributed by atoms with Crippen LogP contribution < -0.4 is 10.6 Å². The Kier molecular flexibility index (Phi) is 2.82. The van der Waals surface area contributed by atoms with Gasteiger partial charge in [0.05, 0.1) is 0 Å². The molecule has 0 aliphatic heterocycles. The summed E-state index contributed by atoms with van der Waals surface area (Å²) in [6, 6.07) is 7.26. The minimum absolute atomic E-state index is 0.228. The second-order valence-electron chi connectivity index (χ2n) is 3.69. The normalized spacial score (nSPS) is 10.2. The molecule has 3 N–H and O–H groups in total. The zero-order valence-corrected chi connectivity index (χ0v) is 9.27. The summed E-state index contributed by atoms with van der Waals surface area (Å²) in [6.45, 7) is 0. The van der Waals surface area contributed by atoms with Crippen molar-refractivity contribution in [2.45, 2.75) is 0 Å². The van der Waals surface area contributed by atoms with E-state index in [1.165, 1.54) is 17.0 Å². The van der Waals surface area contributed by atoms with Crippen LogP contribution in [-0.4, -0.2) is 17.9 Å². The van der Waals surface area contributed by atoms with Crippen LogP contribution in [0.4, 0.5) is 15.8 Å². The van der Waals surface area contributed by atoms with E-state index in [1.54, 1.807) is 31.4 Å². The number of nitrogens with two attached hydrogens (primary N) is 1. The Hall–Kier alpha value is -2.30. The number of carbonyl (C=O) groups is 1. The minimum atomic E-state index is -0.335. The van der Waals surface area contributed by atoms with E-state index in [0.29, 0.717) is 17.1 Å². The Labute approximate surface area is 97.9 Å². The Balaban J connectivity index is 2.23. The number of carbonyl (C=O) groups excluding carboxylic acids is 1. The summed E-state index contributed by atoms with van der Waals surface area (Å²) in [4.78, 5) is 16.2. The molecule has 0 aliphatic carbocycles. The van der Waals surface area contributed by atoms with Crippen molar-refractivity contribution < 1.29 is 9.18 Å². The average molecular weight is 233 g/mol. The fourth-order valence-corrected chi connectivity index (χ4v) is 1.50. The minimum Gasteiger partial charge on any atom is -0.397 e. The maximum absolute atomic E-state index is 12.8. The summed E-state index contributed by atoms with van der Waals surface area (Å²) < 4.78 is 12.8. The molecule has 1 aromatic carbocycles. The molecule has 0 bridgehead atoms. The first-order valence-corrected chi connectivity index (χ1v) is 5.05. The molecule has 1 aromatic heterocycles. The highest BCUT2D eigenvalue weighted by Gasteiger charge is 2.14. The first kappa shape index (κ1) is 11.2. The SMILES string of the molecule is CN(C(=O)c1cc(N)c[nH]1)c1ccc(F)cc1. The molecule has 17 heavy (non-hydrogen) atoms. The Morgan fingerprint density at radius 3 is 2.53 bits per heavy atom. The summed E-state index contributed by atoms with van der Waals surface area (Å²) in [5, 5.41) is 0. The number of anilines is 2. The van der Waals surface area contributed by atoms with E-state index in [9.17, 15) is 9.18 Å². The lowest BCUT2D eigenvalue weighted by molar-refractivity contribution is 0.0989. The maximum atomic E-state index is 12.8. The van der Waals surface area contributed by atoms with Gasteiger partial charge < -0.3 is 15.6 Å². The van der Waals surface area contributed by atoms with Crippen molar-refractivity contribution in [1.82, 2.24) is 4.98 Å². The average Bonchev–Trinajstić information content (AvgIpc) is 2.75. The molecule has 0 atom stereocenters. The number of nitrogens with one attached hydrogen (secondary N) is 1. The molecule has 0 aliphatic rings. The number of hydrogen-bond acceptors (Lipinski definition) is 2. The molecule has 5 heteroatoms. The number of aromatic amines is 1. The first-order valence-electron chi connectivity index (χ1n) is 5.05. The number of amides is 1. The molecular formula is C12H12FN3O. The highest BCUT2D eigenvalue weighted by Crippen LogP contribution is 2.16. The Bertz CT molecular complexity index is 533. The summed E-state index contributed by atoms with van der Waals surface area (Å²) in [5.41, 5.74) is 7.04. The third kappa shape index (κ3) is 2.28. The van der Waals surface area contributed by atoms with Crippen molar-refractivity contribution in [1.29, 1.82) is 0 Å². The summed E-state index contributed by atoms with van der Waals surface area (Å²) in [7, 11) is 1.62. The van der Waals surface area contributed by atoms with E-state index in [4.69, 9.17) is 5.73 Å². The molecule has 88 valence electrons. The topological polar surface area (TPSA) is 62.1 Å². The second-order valence-corrected chi connectivity index (χ2v) is 3.69. The molecule has 0 saturated carbocycles. The van der Waals surface area contributed by atoms with Crippen LogP contribution in [0.3, 0.4) is 0 Å². The number of benzene rings is 1. The van der Waals surface area contributed by atoms with E-state index in [1.807, 2.05) is 0 Å². The standard InChI is InChI=1S/C12H12FN3O/c1-16(10-4-2-8(13)3-5-10)12(17)11-6-9(14)7-15-11/h2-7,15H,14H2,1H3. The van der Waals surface area contributed by atoms with Crippen LogP contribution in [0.15, 0.2) is 36.5 Å². The van der Waals surface area contributed by atoms with Crippen LogP contribution in [0.1, 0.15) is 10.5 Å². The Morgan fingerprint density at radius 1 is 1.35 bits per heavy atom. The zero-order chi connectivity index (χ0) is 12.4. The van der Waals surface area contributed by atoms with Crippen molar-refractivity contribution in [3.8, 4) is 0 Å². The van der Waals surface area contributed by atoms with Crippen LogP contribution in [-0.2, 0) is 0 Å². The van der Waals surface area contributed by atoms with Gasteiger partial charge in [-0.25, -0.2) is 4.39 Å². The molecule has 0 unspecified atom stereocenters. The summed E-state index contributed by atoms with van der Waals surface area (Å²) >= 11 is 0. The zero-order valence-electron chi connectivity index (χ0n) is 9.27. The van der Waals surface area contributed by atoms with E-state index >= 15 is 0 Å². The molecular weight excluding hydrogens is 221 g/mol. The second kappa shape index (κ2) is 4.29.